The summed E-state index contributed by atoms with van der Waals surface area (Å²) >= 11 is 0. The van der Waals surface area contributed by atoms with Gasteiger partial charge in [0.2, 0.25) is 0 Å². The smallest absolute Gasteiger partial charge is 0.293 e. The molecule has 1 aromatic heterocycles. The summed E-state index contributed by atoms with van der Waals surface area (Å²) in [5.41, 5.74) is 1.03. The van der Waals surface area contributed by atoms with E-state index in [1.807, 2.05) is 25.1 Å². The summed E-state index contributed by atoms with van der Waals surface area (Å²) in [6.07, 6.45) is 4.42. The first-order valence-corrected chi connectivity index (χ1v) is 5.89. The molecular formula is C14H15NO3. The number of benzene rings is 1. The molecule has 0 radical (unpaired) electrons. The number of nitrogens with zero attached hydrogens (tertiary/aromatic N) is 1. The SMILES string of the molecule is CCC(Cc1ccc2cncc(O)c2c1)OC=O. The highest BCUT2D eigenvalue weighted by Gasteiger charge is 2.09. The first-order chi connectivity index (χ1) is 8.74. The van der Waals surface area contributed by atoms with Gasteiger partial charge in [-0.2, -0.15) is 0 Å². The zero-order valence-corrected chi connectivity index (χ0v) is 10.2. The van der Waals surface area contributed by atoms with E-state index in [1.54, 1.807) is 6.20 Å². The molecule has 0 saturated heterocycles. The topological polar surface area (TPSA) is 59.4 Å². The lowest BCUT2D eigenvalue weighted by molar-refractivity contribution is -0.133. The average Bonchev–Trinajstić information content (AvgIpc) is 2.39. The fourth-order valence-corrected chi connectivity index (χ4v) is 1.95. The van der Waals surface area contributed by atoms with Crippen molar-refractivity contribution in [1.82, 2.24) is 4.98 Å². The summed E-state index contributed by atoms with van der Waals surface area (Å²) in [6.45, 7) is 2.45. The van der Waals surface area contributed by atoms with Crippen LogP contribution in [0.15, 0.2) is 30.6 Å². The summed E-state index contributed by atoms with van der Waals surface area (Å²) in [5.74, 6) is 0.165. The van der Waals surface area contributed by atoms with E-state index >= 15 is 0 Å². The molecule has 1 atom stereocenters. The Morgan fingerprint density at radius 1 is 1.44 bits per heavy atom. The number of ether oxygens (including phenoxy) is 1. The van der Waals surface area contributed by atoms with Crippen molar-refractivity contribution in [3.05, 3.63) is 36.2 Å². The molecular weight excluding hydrogens is 230 g/mol. The van der Waals surface area contributed by atoms with E-state index in [-0.39, 0.29) is 11.9 Å². The Hall–Kier alpha value is -2.10. The number of carbonyl (C=O) groups excluding carboxylic acids is 1. The van der Waals surface area contributed by atoms with Gasteiger partial charge in [-0.1, -0.05) is 19.1 Å². The lowest BCUT2D eigenvalue weighted by Gasteiger charge is -2.13. The van der Waals surface area contributed by atoms with Crippen LogP contribution in [0.1, 0.15) is 18.9 Å². The van der Waals surface area contributed by atoms with Crippen LogP contribution in [0.5, 0.6) is 5.75 Å². The molecule has 1 heterocycles. The van der Waals surface area contributed by atoms with Crippen LogP contribution in [0.25, 0.3) is 10.8 Å². The molecule has 1 N–H and O–H groups in total. The first kappa shape index (κ1) is 12.4. The van der Waals surface area contributed by atoms with E-state index in [9.17, 15) is 9.90 Å². The fourth-order valence-electron chi connectivity index (χ4n) is 1.95. The van der Waals surface area contributed by atoms with Gasteiger partial charge in [0, 0.05) is 23.4 Å². The van der Waals surface area contributed by atoms with E-state index in [0.717, 1.165) is 22.8 Å². The van der Waals surface area contributed by atoms with Crippen molar-refractivity contribution in [2.45, 2.75) is 25.9 Å². The molecule has 4 nitrogen and oxygen atoms in total. The van der Waals surface area contributed by atoms with Gasteiger partial charge >= 0.3 is 0 Å². The van der Waals surface area contributed by atoms with Crippen molar-refractivity contribution >= 4 is 17.2 Å². The van der Waals surface area contributed by atoms with E-state index in [0.29, 0.717) is 12.9 Å². The number of aromatic hydroxyl groups is 1. The lowest BCUT2D eigenvalue weighted by Crippen LogP contribution is -2.13. The van der Waals surface area contributed by atoms with Gasteiger partial charge in [-0.05, 0) is 18.1 Å². The van der Waals surface area contributed by atoms with Crippen LogP contribution in [0.4, 0.5) is 0 Å². The molecule has 1 unspecified atom stereocenters. The second-order valence-corrected chi connectivity index (χ2v) is 4.18. The van der Waals surface area contributed by atoms with Gasteiger partial charge in [-0.25, -0.2) is 0 Å². The largest absolute Gasteiger partial charge is 0.506 e. The number of hydrogen-bond donors (Lipinski definition) is 1. The fraction of sp³-hybridized carbons (Fsp3) is 0.286. The Balaban J connectivity index is 2.29. The van der Waals surface area contributed by atoms with Gasteiger partial charge in [-0.15, -0.1) is 0 Å². The van der Waals surface area contributed by atoms with Gasteiger partial charge in [0.25, 0.3) is 6.47 Å². The third-order valence-electron chi connectivity index (χ3n) is 2.97. The Bertz CT molecular complexity index is 554. The molecule has 0 aliphatic heterocycles. The van der Waals surface area contributed by atoms with Crippen LogP contribution in [0.2, 0.25) is 0 Å². The number of fused-ring (bicyclic) bond motifs is 1. The Labute approximate surface area is 105 Å². The molecule has 94 valence electrons. The van der Waals surface area contributed by atoms with Crippen molar-refractivity contribution in [3.8, 4) is 5.75 Å². The molecule has 0 saturated carbocycles. The molecule has 1 aromatic carbocycles. The quantitative estimate of drug-likeness (QED) is 0.822. The number of carbonyl (C=O) groups is 1. The molecule has 18 heavy (non-hydrogen) atoms. The van der Waals surface area contributed by atoms with Crippen LogP contribution >= 0.6 is 0 Å². The van der Waals surface area contributed by atoms with Gasteiger partial charge in [0.15, 0.2) is 0 Å². The second-order valence-electron chi connectivity index (χ2n) is 4.18. The third kappa shape index (κ3) is 2.59. The molecule has 0 fully saturated rings. The van der Waals surface area contributed by atoms with Crippen molar-refractivity contribution in [2.24, 2.45) is 0 Å². The van der Waals surface area contributed by atoms with E-state index < -0.39 is 0 Å². The lowest BCUT2D eigenvalue weighted by atomic mass is 10.0. The minimum atomic E-state index is -0.121. The van der Waals surface area contributed by atoms with Crippen molar-refractivity contribution < 1.29 is 14.6 Å². The van der Waals surface area contributed by atoms with Gasteiger partial charge in [0.05, 0.1) is 6.20 Å². The maximum absolute atomic E-state index is 10.4. The third-order valence-corrected chi connectivity index (χ3v) is 2.97. The zero-order valence-electron chi connectivity index (χ0n) is 10.2. The summed E-state index contributed by atoms with van der Waals surface area (Å²) in [4.78, 5) is 14.3. The van der Waals surface area contributed by atoms with Crippen LogP contribution in [-0.4, -0.2) is 22.7 Å². The molecule has 0 aliphatic rings. The predicted molar refractivity (Wildman–Crippen MR) is 68.3 cm³/mol. The molecule has 2 aromatic rings. The summed E-state index contributed by atoms with van der Waals surface area (Å²) in [7, 11) is 0. The second kappa shape index (κ2) is 5.49. The van der Waals surface area contributed by atoms with Gasteiger partial charge in [0.1, 0.15) is 11.9 Å². The minimum Gasteiger partial charge on any atom is -0.506 e. The van der Waals surface area contributed by atoms with Gasteiger partial charge < -0.3 is 9.84 Å². The number of aromatic nitrogens is 1. The van der Waals surface area contributed by atoms with Crippen LogP contribution in [0, 0.1) is 0 Å². The number of hydrogen-bond acceptors (Lipinski definition) is 4. The van der Waals surface area contributed by atoms with Crippen LogP contribution in [-0.2, 0) is 16.0 Å². The zero-order chi connectivity index (χ0) is 13.0. The van der Waals surface area contributed by atoms with E-state index in [1.165, 1.54) is 6.20 Å². The Kier molecular flexibility index (Phi) is 3.77. The highest BCUT2D eigenvalue weighted by atomic mass is 16.5. The average molecular weight is 245 g/mol. The molecule has 2 rings (SSSR count). The number of pyridine rings is 1. The van der Waals surface area contributed by atoms with Crippen molar-refractivity contribution in [2.75, 3.05) is 0 Å². The normalized spacial score (nSPS) is 12.3. The predicted octanol–water partition coefficient (Wildman–Crippen LogP) is 2.43. The maximum atomic E-state index is 10.4. The molecule has 0 spiro atoms. The minimum absolute atomic E-state index is 0.121. The van der Waals surface area contributed by atoms with Crippen molar-refractivity contribution in [3.63, 3.8) is 0 Å². The van der Waals surface area contributed by atoms with Crippen LogP contribution in [0.3, 0.4) is 0 Å². The standard InChI is InChI=1S/C14H15NO3/c1-2-12(18-9-16)5-10-3-4-11-7-15-8-14(17)13(11)6-10/h3-4,6-9,12,17H,2,5H2,1H3. The monoisotopic (exact) mass is 245 g/mol. The molecule has 0 bridgehead atoms. The highest BCUT2D eigenvalue weighted by Crippen LogP contribution is 2.24. The van der Waals surface area contributed by atoms with Crippen LogP contribution < -0.4 is 0 Å². The van der Waals surface area contributed by atoms with Gasteiger partial charge in [-0.3, -0.25) is 9.78 Å². The first-order valence-electron chi connectivity index (χ1n) is 5.89. The highest BCUT2D eigenvalue weighted by molar-refractivity contribution is 5.87. The summed E-state index contributed by atoms with van der Waals surface area (Å²) in [6, 6.07) is 5.77. The molecule has 0 amide bonds. The summed E-state index contributed by atoms with van der Waals surface area (Å²) in [5, 5.41) is 11.4. The van der Waals surface area contributed by atoms with E-state index in [4.69, 9.17) is 4.74 Å². The van der Waals surface area contributed by atoms with Crippen molar-refractivity contribution in [1.29, 1.82) is 0 Å². The number of rotatable bonds is 5. The molecule has 4 heteroatoms. The Morgan fingerprint density at radius 2 is 2.28 bits per heavy atom. The summed E-state index contributed by atoms with van der Waals surface area (Å²) < 4.78 is 4.98. The molecule has 0 aliphatic carbocycles. The Morgan fingerprint density at radius 3 is 3.00 bits per heavy atom. The maximum Gasteiger partial charge on any atom is 0.293 e. The van der Waals surface area contributed by atoms with E-state index in [2.05, 4.69) is 4.98 Å².